The zero-order valence-corrected chi connectivity index (χ0v) is 16.3. The third-order valence-corrected chi connectivity index (χ3v) is 3.92. The Balaban J connectivity index is 0.00000361. The van der Waals surface area contributed by atoms with Crippen molar-refractivity contribution in [3.63, 3.8) is 0 Å². The smallest absolute Gasteiger partial charge is 0.0434 e. The van der Waals surface area contributed by atoms with Gasteiger partial charge in [-0.05, 0) is 25.0 Å². The van der Waals surface area contributed by atoms with Gasteiger partial charge in [-0.3, -0.25) is 4.98 Å². The van der Waals surface area contributed by atoms with Gasteiger partial charge < -0.3 is 0 Å². The van der Waals surface area contributed by atoms with E-state index in [0.29, 0.717) is 5.92 Å². The molecule has 0 aliphatic heterocycles. The molecular formula is C18H31NSn. The largest absolute Gasteiger partial charge is 0.261 e. The van der Waals surface area contributed by atoms with Gasteiger partial charge in [-0.25, -0.2) is 0 Å². The van der Waals surface area contributed by atoms with Crippen LogP contribution in [0.3, 0.4) is 0 Å². The first-order valence-electron chi connectivity index (χ1n) is 8.29. The molecule has 0 aliphatic rings. The summed E-state index contributed by atoms with van der Waals surface area (Å²) in [6, 6.07) is 6.35. The molecule has 0 fully saturated rings. The molecular weight excluding hydrogens is 349 g/mol. The fourth-order valence-corrected chi connectivity index (χ4v) is 2.68. The van der Waals surface area contributed by atoms with Crippen LogP contribution < -0.4 is 0 Å². The molecule has 0 amide bonds. The summed E-state index contributed by atoms with van der Waals surface area (Å²) in [5.74, 6) is 0.687. The monoisotopic (exact) mass is 381 g/mol. The van der Waals surface area contributed by atoms with Crippen LogP contribution in [0.2, 0.25) is 0 Å². The Labute approximate surface area is 142 Å². The van der Waals surface area contributed by atoms with Crippen molar-refractivity contribution < 1.29 is 0 Å². The number of unbranched alkanes of at least 4 members (excludes halogenated alkanes) is 6. The Bertz CT molecular complexity index is 300. The molecule has 1 aromatic rings. The summed E-state index contributed by atoms with van der Waals surface area (Å²) >= 11 is 0. The van der Waals surface area contributed by atoms with E-state index in [1.165, 1.54) is 69.9 Å². The molecule has 1 aromatic heterocycles. The molecule has 0 bridgehead atoms. The number of rotatable bonds is 11. The zero-order valence-electron chi connectivity index (χ0n) is 13.4. The molecule has 0 spiro atoms. The fourth-order valence-electron chi connectivity index (χ4n) is 2.68. The molecule has 0 saturated heterocycles. The van der Waals surface area contributed by atoms with Gasteiger partial charge in [-0.1, -0.05) is 71.3 Å². The molecule has 1 rings (SSSR count). The van der Waals surface area contributed by atoms with Crippen LogP contribution in [0.5, 0.6) is 0 Å². The van der Waals surface area contributed by atoms with E-state index in [0.717, 1.165) is 0 Å². The molecule has 20 heavy (non-hydrogen) atoms. The van der Waals surface area contributed by atoms with Crippen molar-refractivity contribution in [3.05, 3.63) is 30.1 Å². The maximum absolute atomic E-state index is 4.56. The Hall–Kier alpha value is -0.0513. The molecule has 1 atom stereocenters. The first kappa shape index (κ1) is 19.9. The Morgan fingerprint density at radius 1 is 0.850 bits per heavy atom. The molecule has 1 nitrogen and oxygen atoms in total. The maximum atomic E-state index is 4.56. The second-order valence-corrected chi connectivity index (χ2v) is 5.65. The van der Waals surface area contributed by atoms with Crippen molar-refractivity contribution in [3.8, 4) is 0 Å². The van der Waals surface area contributed by atoms with Crippen LogP contribution in [0.25, 0.3) is 0 Å². The molecule has 0 N–H and O–H groups in total. The van der Waals surface area contributed by atoms with Gasteiger partial charge in [0.2, 0.25) is 0 Å². The fraction of sp³-hybridized carbons (Fsp3) is 0.722. The van der Waals surface area contributed by atoms with Gasteiger partial charge in [0.05, 0.1) is 0 Å². The van der Waals surface area contributed by atoms with Crippen molar-refractivity contribution in [1.82, 2.24) is 4.98 Å². The van der Waals surface area contributed by atoms with Gasteiger partial charge in [-0.2, -0.15) is 0 Å². The third-order valence-electron chi connectivity index (χ3n) is 3.92. The second-order valence-electron chi connectivity index (χ2n) is 5.65. The SMILES string of the molecule is CCCCCCCCC(CCCC)c1ccccn1.[Sn]. The second kappa shape index (κ2) is 13.9. The van der Waals surface area contributed by atoms with Gasteiger partial charge in [0.1, 0.15) is 0 Å². The van der Waals surface area contributed by atoms with Crippen LogP contribution in [-0.4, -0.2) is 28.9 Å². The van der Waals surface area contributed by atoms with Crippen LogP contribution in [-0.2, 0) is 0 Å². The van der Waals surface area contributed by atoms with E-state index in [9.17, 15) is 0 Å². The summed E-state index contributed by atoms with van der Waals surface area (Å²) in [5, 5.41) is 0. The minimum atomic E-state index is 0. The van der Waals surface area contributed by atoms with Gasteiger partial charge in [0, 0.05) is 41.7 Å². The quantitative estimate of drug-likeness (QED) is 0.353. The molecule has 4 radical (unpaired) electrons. The van der Waals surface area contributed by atoms with Crippen LogP contribution in [0.1, 0.15) is 89.7 Å². The molecule has 2 heteroatoms. The van der Waals surface area contributed by atoms with Crippen molar-refractivity contribution in [2.24, 2.45) is 0 Å². The average Bonchev–Trinajstić information content (AvgIpc) is 2.46. The number of hydrogen-bond donors (Lipinski definition) is 0. The summed E-state index contributed by atoms with van der Waals surface area (Å²) < 4.78 is 0. The van der Waals surface area contributed by atoms with Gasteiger partial charge in [-0.15, -0.1) is 0 Å². The van der Waals surface area contributed by atoms with Gasteiger partial charge in [0.15, 0.2) is 0 Å². The predicted molar refractivity (Wildman–Crippen MR) is 90.3 cm³/mol. The average molecular weight is 380 g/mol. The van der Waals surface area contributed by atoms with Crippen molar-refractivity contribution in [2.75, 3.05) is 0 Å². The Morgan fingerprint density at radius 2 is 1.50 bits per heavy atom. The van der Waals surface area contributed by atoms with E-state index in [2.05, 4.69) is 31.0 Å². The van der Waals surface area contributed by atoms with Crippen LogP contribution in [0.15, 0.2) is 24.4 Å². The molecule has 1 heterocycles. The summed E-state index contributed by atoms with van der Waals surface area (Å²) in [5.41, 5.74) is 1.31. The van der Waals surface area contributed by atoms with E-state index in [4.69, 9.17) is 0 Å². The van der Waals surface area contributed by atoms with E-state index in [1.807, 2.05) is 12.3 Å². The van der Waals surface area contributed by atoms with E-state index < -0.39 is 0 Å². The van der Waals surface area contributed by atoms with E-state index in [-0.39, 0.29) is 23.9 Å². The van der Waals surface area contributed by atoms with E-state index in [1.54, 1.807) is 0 Å². The van der Waals surface area contributed by atoms with Gasteiger partial charge >= 0.3 is 0 Å². The van der Waals surface area contributed by atoms with Crippen molar-refractivity contribution >= 4 is 23.9 Å². The molecule has 1 unspecified atom stereocenters. The molecule has 0 aromatic carbocycles. The minimum Gasteiger partial charge on any atom is -0.261 e. The number of hydrogen-bond acceptors (Lipinski definition) is 1. The maximum Gasteiger partial charge on any atom is 0.0434 e. The van der Waals surface area contributed by atoms with Crippen LogP contribution >= 0.6 is 0 Å². The number of aromatic nitrogens is 1. The summed E-state index contributed by atoms with van der Waals surface area (Å²) in [4.78, 5) is 4.56. The van der Waals surface area contributed by atoms with Crippen molar-refractivity contribution in [1.29, 1.82) is 0 Å². The van der Waals surface area contributed by atoms with E-state index >= 15 is 0 Å². The normalized spacial score (nSPS) is 11.9. The Morgan fingerprint density at radius 3 is 2.15 bits per heavy atom. The summed E-state index contributed by atoms with van der Waals surface area (Å²) in [6.07, 6.45) is 15.5. The minimum absolute atomic E-state index is 0. The molecule has 0 aliphatic carbocycles. The molecule has 0 saturated carbocycles. The summed E-state index contributed by atoms with van der Waals surface area (Å²) in [7, 11) is 0. The Kier molecular flexibility index (Phi) is 13.9. The zero-order chi connectivity index (χ0) is 13.8. The standard InChI is InChI=1S/C18H31N.Sn/c1-3-5-7-8-9-10-14-17(13-6-4-2)18-15-11-12-16-19-18;/h11-12,15-17H,3-10,13-14H2,1-2H3;. The van der Waals surface area contributed by atoms with Crippen LogP contribution in [0, 0.1) is 0 Å². The predicted octanol–water partition coefficient (Wildman–Crippen LogP) is 5.73. The van der Waals surface area contributed by atoms with Gasteiger partial charge in [0.25, 0.3) is 0 Å². The number of pyridine rings is 1. The topological polar surface area (TPSA) is 12.9 Å². The third kappa shape index (κ3) is 8.99. The van der Waals surface area contributed by atoms with Crippen LogP contribution in [0.4, 0.5) is 0 Å². The first-order valence-corrected chi connectivity index (χ1v) is 8.29. The molecule has 112 valence electrons. The first-order chi connectivity index (χ1) is 9.38. The summed E-state index contributed by atoms with van der Waals surface area (Å²) in [6.45, 7) is 4.56. The number of nitrogens with zero attached hydrogens (tertiary/aromatic N) is 1. The van der Waals surface area contributed by atoms with Crippen molar-refractivity contribution in [2.45, 2.75) is 84.0 Å².